The van der Waals surface area contributed by atoms with E-state index in [1.807, 2.05) is 13.8 Å². The van der Waals surface area contributed by atoms with Gasteiger partial charge in [-0.05, 0) is 37.1 Å². The third kappa shape index (κ3) is 4.55. The SMILES string of the molecule is C=C=C([C@@H]1OC(CC)(CC)O[C@H]1C(=C=C)S(=O)(=O)c1ccccc1)S(=O)(=O)c1ccccc1. The van der Waals surface area contributed by atoms with Crippen molar-refractivity contribution in [2.24, 2.45) is 0 Å². The molecular weight excluding hydrogens is 460 g/mol. The van der Waals surface area contributed by atoms with Crippen LogP contribution in [0.4, 0.5) is 0 Å². The normalized spacial score (nSPS) is 19.9. The minimum absolute atomic E-state index is 0.0130. The molecule has 8 heteroatoms. The van der Waals surface area contributed by atoms with Crippen molar-refractivity contribution in [2.45, 2.75) is 54.5 Å². The molecule has 2 aromatic rings. The summed E-state index contributed by atoms with van der Waals surface area (Å²) in [4.78, 5) is -0.588. The Bertz CT molecular complexity index is 1210. The molecule has 2 aromatic carbocycles. The van der Waals surface area contributed by atoms with Crippen molar-refractivity contribution >= 4 is 19.7 Å². The Labute approximate surface area is 195 Å². The number of rotatable bonds is 8. The molecule has 1 saturated heterocycles. The average molecular weight is 487 g/mol. The van der Waals surface area contributed by atoms with Crippen molar-refractivity contribution in [3.8, 4) is 0 Å². The van der Waals surface area contributed by atoms with Crippen LogP contribution in [-0.2, 0) is 29.1 Å². The molecule has 6 nitrogen and oxygen atoms in total. The monoisotopic (exact) mass is 486 g/mol. The second-order valence-corrected chi connectivity index (χ2v) is 11.2. The molecule has 1 heterocycles. The Balaban J connectivity index is 2.18. The lowest BCUT2D eigenvalue weighted by Crippen LogP contribution is -2.32. The molecule has 0 amide bonds. The maximum atomic E-state index is 13.4. The molecule has 174 valence electrons. The van der Waals surface area contributed by atoms with Crippen LogP contribution in [0.1, 0.15) is 26.7 Å². The number of sulfone groups is 2. The van der Waals surface area contributed by atoms with Gasteiger partial charge < -0.3 is 9.47 Å². The van der Waals surface area contributed by atoms with Crippen LogP contribution in [-0.4, -0.2) is 34.8 Å². The van der Waals surface area contributed by atoms with Crippen LogP contribution in [0.5, 0.6) is 0 Å². The van der Waals surface area contributed by atoms with Crippen molar-refractivity contribution in [2.75, 3.05) is 0 Å². The van der Waals surface area contributed by atoms with E-state index in [0.717, 1.165) is 0 Å². The van der Waals surface area contributed by atoms with E-state index in [0.29, 0.717) is 12.8 Å². The van der Waals surface area contributed by atoms with Gasteiger partial charge in [-0.3, -0.25) is 0 Å². The second-order valence-electron chi connectivity index (χ2n) is 7.41. The molecule has 2 atom stereocenters. The Morgan fingerprint density at radius 1 is 0.758 bits per heavy atom. The zero-order chi connectivity index (χ0) is 24.3. The van der Waals surface area contributed by atoms with E-state index >= 15 is 0 Å². The molecule has 1 aliphatic rings. The summed E-state index contributed by atoms with van der Waals surface area (Å²) in [6.07, 6.45) is -1.89. The molecule has 1 fully saturated rings. The predicted molar refractivity (Wildman–Crippen MR) is 126 cm³/mol. The van der Waals surface area contributed by atoms with E-state index in [2.05, 4.69) is 24.6 Å². The first-order chi connectivity index (χ1) is 15.7. The van der Waals surface area contributed by atoms with Crippen molar-refractivity contribution in [1.29, 1.82) is 0 Å². The lowest BCUT2D eigenvalue weighted by atomic mass is 10.1. The fourth-order valence-electron chi connectivity index (χ4n) is 3.73. The van der Waals surface area contributed by atoms with Gasteiger partial charge in [-0.2, -0.15) is 0 Å². The number of benzene rings is 2. The second kappa shape index (κ2) is 9.65. The van der Waals surface area contributed by atoms with Gasteiger partial charge in [-0.15, -0.1) is 11.5 Å². The van der Waals surface area contributed by atoms with Gasteiger partial charge in [0, 0.05) is 0 Å². The fourth-order valence-corrected chi connectivity index (χ4v) is 6.60. The molecule has 1 aliphatic heterocycles. The van der Waals surface area contributed by atoms with E-state index in [1.165, 1.54) is 24.3 Å². The smallest absolute Gasteiger partial charge is 0.212 e. The maximum absolute atomic E-state index is 13.4. The van der Waals surface area contributed by atoms with Gasteiger partial charge in [0.1, 0.15) is 22.0 Å². The van der Waals surface area contributed by atoms with Crippen molar-refractivity contribution in [3.63, 3.8) is 0 Å². The first kappa shape index (κ1) is 24.9. The first-order valence-corrected chi connectivity index (χ1v) is 13.4. The predicted octanol–water partition coefficient (Wildman–Crippen LogP) is 4.57. The third-order valence-corrected chi connectivity index (χ3v) is 9.28. The average Bonchev–Trinajstić information content (AvgIpc) is 3.20. The maximum Gasteiger partial charge on any atom is 0.212 e. The van der Waals surface area contributed by atoms with Gasteiger partial charge in [0.2, 0.25) is 19.7 Å². The topological polar surface area (TPSA) is 86.7 Å². The minimum atomic E-state index is -4.10. The van der Waals surface area contributed by atoms with Crippen LogP contribution in [0.2, 0.25) is 0 Å². The Hall–Kier alpha value is -2.70. The standard InChI is InChI=1S/C25H26O6S2/c1-5-21(32(26,27)19-15-11-9-12-16-19)23-24(31-25(7-3,8-4)30-23)22(6-2)33(28,29)20-17-13-10-14-18-20/h9-18,23-24H,1-2,7-8H2,3-4H3/t23-,24-/m0/s1. The van der Waals surface area contributed by atoms with E-state index in [-0.39, 0.29) is 19.6 Å². The van der Waals surface area contributed by atoms with Gasteiger partial charge in [-0.1, -0.05) is 63.4 Å². The highest BCUT2D eigenvalue weighted by molar-refractivity contribution is 7.95. The van der Waals surface area contributed by atoms with Crippen LogP contribution < -0.4 is 0 Å². The summed E-state index contributed by atoms with van der Waals surface area (Å²) in [5.74, 6) is -1.20. The van der Waals surface area contributed by atoms with E-state index in [1.54, 1.807) is 36.4 Å². The zero-order valence-corrected chi connectivity index (χ0v) is 20.2. The van der Waals surface area contributed by atoms with Gasteiger partial charge in [-0.25, -0.2) is 16.8 Å². The third-order valence-electron chi connectivity index (χ3n) is 5.59. The van der Waals surface area contributed by atoms with Gasteiger partial charge in [0.15, 0.2) is 5.79 Å². The molecule has 0 spiro atoms. The zero-order valence-electron chi connectivity index (χ0n) is 18.5. The molecule has 0 radical (unpaired) electrons. The van der Waals surface area contributed by atoms with Gasteiger partial charge in [0.25, 0.3) is 0 Å². The molecule has 0 unspecified atom stereocenters. The minimum Gasteiger partial charge on any atom is -0.337 e. The molecule has 3 rings (SSSR count). The Morgan fingerprint density at radius 2 is 1.09 bits per heavy atom. The van der Waals surface area contributed by atoms with E-state index < -0.39 is 37.7 Å². The fraction of sp³-hybridized carbons (Fsp3) is 0.280. The van der Waals surface area contributed by atoms with Crippen LogP contribution in [0.3, 0.4) is 0 Å². The summed E-state index contributed by atoms with van der Waals surface area (Å²) in [5.41, 5.74) is 4.97. The summed E-state index contributed by atoms with van der Waals surface area (Å²) < 4.78 is 66.1. The molecule has 0 N–H and O–H groups in total. The van der Waals surface area contributed by atoms with Crippen LogP contribution >= 0.6 is 0 Å². The summed E-state index contributed by atoms with van der Waals surface area (Å²) >= 11 is 0. The van der Waals surface area contributed by atoms with Crippen LogP contribution in [0.25, 0.3) is 0 Å². The summed E-state index contributed by atoms with van der Waals surface area (Å²) in [6, 6.07) is 15.5. The molecule has 0 saturated carbocycles. The highest BCUT2D eigenvalue weighted by Gasteiger charge is 2.53. The highest BCUT2D eigenvalue weighted by atomic mass is 32.2. The molecule has 0 aromatic heterocycles. The summed E-state index contributed by atoms with van der Waals surface area (Å²) in [6.45, 7) is 10.8. The van der Waals surface area contributed by atoms with Crippen LogP contribution in [0, 0.1) is 0 Å². The molecule has 33 heavy (non-hydrogen) atoms. The number of hydrogen-bond acceptors (Lipinski definition) is 6. The van der Waals surface area contributed by atoms with Gasteiger partial charge in [0.05, 0.1) is 9.79 Å². The Morgan fingerprint density at radius 3 is 1.36 bits per heavy atom. The Kier molecular flexibility index (Phi) is 7.29. The number of ether oxygens (including phenoxy) is 2. The van der Waals surface area contributed by atoms with Gasteiger partial charge >= 0.3 is 0 Å². The van der Waals surface area contributed by atoms with Crippen LogP contribution in [0.15, 0.2) is 105 Å². The van der Waals surface area contributed by atoms with Crippen molar-refractivity contribution < 1.29 is 26.3 Å². The molecular formula is C25H26O6S2. The summed E-state index contributed by atoms with van der Waals surface area (Å²) in [7, 11) is -8.21. The highest BCUT2D eigenvalue weighted by Crippen LogP contribution is 2.43. The lowest BCUT2D eigenvalue weighted by molar-refractivity contribution is -0.173. The summed E-state index contributed by atoms with van der Waals surface area (Å²) in [5, 5.41) is 0. The number of hydrogen-bond donors (Lipinski definition) is 0. The molecule has 0 bridgehead atoms. The molecule has 0 aliphatic carbocycles. The van der Waals surface area contributed by atoms with Crippen molar-refractivity contribution in [1.82, 2.24) is 0 Å². The van der Waals surface area contributed by atoms with E-state index in [4.69, 9.17) is 9.47 Å². The van der Waals surface area contributed by atoms with E-state index in [9.17, 15) is 16.8 Å². The lowest BCUT2D eigenvalue weighted by Gasteiger charge is -2.25. The first-order valence-electron chi connectivity index (χ1n) is 10.4. The quantitative estimate of drug-likeness (QED) is 0.508. The van der Waals surface area contributed by atoms with Crippen molar-refractivity contribution in [3.05, 3.63) is 95.1 Å². The largest absolute Gasteiger partial charge is 0.337 e.